The molecule has 1 N–H and O–H groups in total. The van der Waals surface area contributed by atoms with Crippen molar-refractivity contribution in [2.24, 2.45) is 0 Å². The SMILES string of the molecule is C[C@H](CCC[C@H](O)C[C@@H]1CCC=[N+]1[O-])O[Si](C)(C)C(C)(C)C. The molecule has 0 unspecified atom stereocenters. The van der Waals surface area contributed by atoms with E-state index in [4.69, 9.17) is 4.43 Å². The molecule has 1 aliphatic heterocycles. The summed E-state index contributed by atoms with van der Waals surface area (Å²) < 4.78 is 7.35. The van der Waals surface area contributed by atoms with Crippen molar-refractivity contribution in [2.45, 2.75) is 103 Å². The van der Waals surface area contributed by atoms with E-state index in [0.717, 1.165) is 36.8 Å². The Kier molecular flexibility index (Phi) is 7.08. The average molecular weight is 330 g/mol. The van der Waals surface area contributed by atoms with Gasteiger partial charge in [-0.1, -0.05) is 20.8 Å². The standard InChI is InChI=1S/C17H35NO3Si/c1-14(21-22(5,6)17(2,3)4)9-7-11-16(19)13-15-10-8-12-18(15)20/h12,14-16,19H,7-11,13H2,1-6H3/t14-,15+,16+/m1/s1. The Bertz CT molecular complexity index is 377. The molecule has 0 aliphatic carbocycles. The van der Waals surface area contributed by atoms with Gasteiger partial charge in [-0.3, -0.25) is 0 Å². The lowest BCUT2D eigenvalue weighted by Gasteiger charge is -2.38. The van der Waals surface area contributed by atoms with E-state index >= 15 is 0 Å². The summed E-state index contributed by atoms with van der Waals surface area (Å²) in [4.78, 5) is 0. The van der Waals surface area contributed by atoms with Crippen LogP contribution >= 0.6 is 0 Å². The molecule has 0 aromatic rings. The Hall–Kier alpha value is -0.393. The molecule has 0 saturated carbocycles. The van der Waals surface area contributed by atoms with Crippen LogP contribution in [0.4, 0.5) is 0 Å². The lowest BCUT2D eigenvalue weighted by molar-refractivity contribution is -0.491. The predicted octanol–water partition coefficient (Wildman–Crippen LogP) is 4.06. The van der Waals surface area contributed by atoms with Gasteiger partial charge in [0.25, 0.3) is 0 Å². The van der Waals surface area contributed by atoms with Gasteiger partial charge in [0.2, 0.25) is 0 Å². The highest BCUT2D eigenvalue weighted by atomic mass is 28.4. The van der Waals surface area contributed by atoms with Crippen LogP contribution in [-0.2, 0) is 4.43 Å². The van der Waals surface area contributed by atoms with Gasteiger partial charge in [-0.25, -0.2) is 4.74 Å². The lowest BCUT2D eigenvalue weighted by Crippen LogP contribution is -2.43. The molecule has 0 aromatic carbocycles. The van der Waals surface area contributed by atoms with E-state index in [9.17, 15) is 10.3 Å². The Morgan fingerprint density at radius 2 is 2.00 bits per heavy atom. The minimum Gasteiger partial charge on any atom is -0.624 e. The van der Waals surface area contributed by atoms with Gasteiger partial charge >= 0.3 is 0 Å². The van der Waals surface area contributed by atoms with Gasteiger partial charge in [0.05, 0.1) is 6.10 Å². The summed E-state index contributed by atoms with van der Waals surface area (Å²) >= 11 is 0. The molecule has 0 spiro atoms. The monoisotopic (exact) mass is 329 g/mol. The third-order valence-electron chi connectivity index (χ3n) is 5.16. The van der Waals surface area contributed by atoms with Crippen molar-refractivity contribution < 1.29 is 14.3 Å². The van der Waals surface area contributed by atoms with E-state index < -0.39 is 8.32 Å². The molecule has 3 atom stereocenters. The van der Waals surface area contributed by atoms with Crippen molar-refractivity contribution in [3.63, 3.8) is 0 Å². The number of aliphatic hydroxyl groups excluding tert-OH is 1. The number of hydroxylamine groups is 1. The second-order valence-corrected chi connectivity index (χ2v) is 13.0. The maximum absolute atomic E-state index is 11.5. The van der Waals surface area contributed by atoms with E-state index in [-0.39, 0.29) is 23.3 Å². The third kappa shape index (κ3) is 6.01. The number of rotatable bonds is 8. The summed E-state index contributed by atoms with van der Waals surface area (Å²) in [7, 11) is -1.70. The van der Waals surface area contributed by atoms with Crippen LogP contribution in [0.2, 0.25) is 18.1 Å². The first-order valence-corrected chi connectivity index (χ1v) is 11.6. The molecule has 1 rings (SSSR count). The molecular weight excluding hydrogens is 294 g/mol. The van der Waals surface area contributed by atoms with Crippen molar-refractivity contribution >= 4 is 14.5 Å². The number of nitrogens with zero attached hydrogens (tertiary/aromatic N) is 1. The minimum absolute atomic E-state index is 0.0177. The minimum atomic E-state index is -1.70. The Labute approximate surface area is 137 Å². The molecule has 4 nitrogen and oxygen atoms in total. The molecule has 0 aromatic heterocycles. The highest BCUT2D eigenvalue weighted by molar-refractivity contribution is 6.74. The van der Waals surface area contributed by atoms with Crippen LogP contribution in [-0.4, -0.2) is 42.6 Å². The Morgan fingerprint density at radius 1 is 1.36 bits per heavy atom. The maximum atomic E-state index is 11.5. The van der Waals surface area contributed by atoms with Crippen molar-refractivity contribution in [3.05, 3.63) is 5.21 Å². The largest absolute Gasteiger partial charge is 0.624 e. The highest BCUT2D eigenvalue weighted by Gasteiger charge is 2.38. The van der Waals surface area contributed by atoms with E-state index in [1.165, 1.54) is 0 Å². The predicted molar refractivity (Wildman–Crippen MR) is 94.9 cm³/mol. The van der Waals surface area contributed by atoms with Gasteiger partial charge in [0, 0.05) is 25.4 Å². The van der Waals surface area contributed by atoms with Crippen LogP contribution in [0.15, 0.2) is 0 Å². The molecule has 0 radical (unpaired) electrons. The number of aliphatic hydroxyl groups is 1. The lowest BCUT2D eigenvalue weighted by atomic mass is 10.0. The molecule has 0 saturated heterocycles. The second kappa shape index (κ2) is 7.93. The highest BCUT2D eigenvalue weighted by Crippen LogP contribution is 2.37. The van der Waals surface area contributed by atoms with Gasteiger partial charge in [-0.05, 0) is 44.3 Å². The van der Waals surface area contributed by atoms with Crippen molar-refractivity contribution in [1.82, 2.24) is 0 Å². The fourth-order valence-corrected chi connectivity index (χ4v) is 4.18. The first-order valence-electron chi connectivity index (χ1n) is 8.67. The first kappa shape index (κ1) is 19.7. The zero-order chi connectivity index (χ0) is 17.0. The van der Waals surface area contributed by atoms with E-state index in [1.54, 1.807) is 6.21 Å². The zero-order valence-corrected chi connectivity index (χ0v) is 16.3. The van der Waals surface area contributed by atoms with E-state index in [1.807, 2.05) is 0 Å². The molecule has 22 heavy (non-hydrogen) atoms. The topological polar surface area (TPSA) is 55.5 Å². The molecule has 0 fully saturated rings. The van der Waals surface area contributed by atoms with Gasteiger partial charge in [0.1, 0.15) is 0 Å². The van der Waals surface area contributed by atoms with Gasteiger partial charge in [-0.2, -0.15) is 0 Å². The van der Waals surface area contributed by atoms with Crippen LogP contribution in [0.5, 0.6) is 0 Å². The molecular formula is C17H35NO3Si. The summed E-state index contributed by atoms with van der Waals surface area (Å²) in [6, 6.07) is -0.0177. The van der Waals surface area contributed by atoms with Crippen LogP contribution in [0.25, 0.3) is 0 Å². The van der Waals surface area contributed by atoms with Crippen molar-refractivity contribution in [3.8, 4) is 0 Å². The van der Waals surface area contributed by atoms with Crippen LogP contribution in [0, 0.1) is 5.21 Å². The van der Waals surface area contributed by atoms with Gasteiger partial charge in [-0.15, -0.1) is 0 Å². The van der Waals surface area contributed by atoms with Crippen molar-refractivity contribution in [2.75, 3.05) is 0 Å². The first-order chi connectivity index (χ1) is 10.0. The number of hydrogen-bond donors (Lipinski definition) is 1. The smallest absolute Gasteiger partial charge is 0.192 e. The molecule has 0 amide bonds. The summed E-state index contributed by atoms with van der Waals surface area (Å²) in [6.45, 7) is 13.4. The van der Waals surface area contributed by atoms with E-state index in [2.05, 4.69) is 40.8 Å². The Balaban J connectivity index is 2.24. The quantitative estimate of drug-likeness (QED) is 0.415. The van der Waals surface area contributed by atoms with E-state index in [0.29, 0.717) is 6.42 Å². The summed E-state index contributed by atoms with van der Waals surface area (Å²) in [5.74, 6) is 0. The van der Waals surface area contributed by atoms with Crippen molar-refractivity contribution in [1.29, 1.82) is 0 Å². The van der Waals surface area contributed by atoms with Gasteiger partial charge in [0.15, 0.2) is 20.6 Å². The van der Waals surface area contributed by atoms with Gasteiger partial charge < -0.3 is 14.7 Å². The third-order valence-corrected chi connectivity index (χ3v) is 9.77. The van der Waals surface area contributed by atoms with Crippen LogP contribution in [0.1, 0.15) is 66.2 Å². The summed E-state index contributed by atoms with van der Waals surface area (Å²) in [6.07, 6.45) is 6.56. The summed E-state index contributed by atoms with van der Waals surface area (Å²) in [5, 5.41) is 21.8. The Morgan fingerprint density at radius 3 is 2.50 bits per heavy atom. The molecule has 1 aliphatic rings. The normalized spacial score (nSPS) is 22.5. The zero-order valence-electron chi connectivity index (χ0n) is 15.3. The molecule has 130 valence electrons. The number of hydrogen-bond acceptors (Lipinski definition) is 3. The van der Waals surface area contributed by atoms with Crippen LogP contribution in [0.3, 0.4) is 0 Å². The fraction of sp³-hybridized carbons (Fsp3) is 0.941. The maximum Gasteiger partial charge on any atom is 0.192 e. The summed E-state index contributed by atoms with van der Waals surface area (Å²) in [5.41, 5.74) is 0. The van der Waals surface area contributed by atoms with Crippen LogP contribution < -0.4 is 0 Å². The molecule has 5 heteroatoms. The molecule has 1 heterocycles. The fourth-order valence-electron chi connectivity index (χ4n) is 2.70. The average Bonchev–Trinajstić information content (AvgIpc) is 2.72. The molecule has 0 bridgehead atoms. The second-order valence-electron chi connectivity index (χ2n) is 8.28.